The van der Waals surface area contributed by atoms with E-state index in [4.69, 9.17) is 4.74 Å². The maximum absolute atomic E-state index is 5.44. The molecule has 0 spiro atoms. The van der Waals surface area contributed by atoms with Gasteiger partial charge in [-0.05, 0) is 56.8 Å². The van der Waals surface area contributed by atoms with Gasteiger partial charge in [-0.3, -0.25) is 0 Å². The minimum absolute atomic E-state index is 0.732. The van der Waals surface area contributed by atoms with Crippen LogP contribution in [0.1, 0.15) is 38.2 Å². The molecule has 0 bridgehead atoms. The Bertz CT molecular complexity index is 314. The number of rotatable bonds is 5. The van der Waals surface area contributed by atoms with Crippen molar-refractivity contribution in [2.75, 3.05) is 13.2 Å². The lowest BCUT2D eigenvalue weighted by Crippen LogP contribution is -2.34. The van der Waals surface area contributed by atoms with Gasteiger partial charge in [-0.15, -0.1) is 0 Å². The molecular weight excluding hydrogens is 210 g/mol. The smallest absolute Gasteiger partial charge is 0.119 e. The lowest BCUT2D eigenvalue weighted by molar-refractivity contribution is 0.340. The fraction of sp³-hybridized carbons (Fsp3) is 0.600. The minimum Gasteiger partial charge on any atom is -0.494 e. The molecule has 1 aliphatic heterocycles. The van der Waals surface area contributed by atoms with Crippen molar-refractivity contribution in [3.8, 4) is 5.75 Å². The average Bonchev–Trinajstić information content (AvgIpc) is 2.40. The van der Waals surface area contributed by atoms with Crippen LogP contribution in [-0.4, -0.2) is 19.2 Å². The molecule has 1 atom stereocenters. The lowest BCUT2D eigenvalue weighted by Gasteiger charge is -2.23. The number of aryl methyl sites for hydroxylation is 1. The summed E-state index contributed by atoms with van der Waals surface area (Å²) in [5.41, 5.74) is 1.42. The number of hydrogen-bond acceptors (Lipinski definition) is 2. The molecule has 1 heterocycles. The Balaban J connectivity index is 1.77. The van der Waals surface area contributed by atoms with Crippen LogP contribution in [0.25, 0.3) is 0 Å². The summed E-state index contributed by atoms with van der Waals surface area (Å²) < 4.78 is 5.44. The predicted molar refractivity (Wildman–Crippen MR) is 71.6 cm³/mol. The molecule has 0 aromatic heterocycles. The van der Waals surface area contributed by atoms with E-state index in [0.29, 0.717) is 0 Å². The van der Waals surface area contributed by atoms with Crippen LogP contribution < -0.4 is 10.1 Å². The van der Waals surface area contributed by atoms with Crippen molar-refractivity contribution >= 4 is 0 Å². The van der Waals surface area contributed by atoms with E-state index in [1.165, 1.54) is 44.2 Å². The van der Waals surface area contributed by atoms with E-state index < -0.39 is 0 Å². The molecule has 1 N–H and O–H groups in total. The summed E-state index contributed by atoms with van der Waals surface area (Å²) in [6.45, 7) is 3.96. The standard InChI is InChI=1S/C15H23NO/c1-2-17-15-10-7-13(8-11-15)6-9-14-5-3-4-12-16-14/h7-8,10-11,14,16H,2-6,9,12H2,1H3/t14-/m0/s1. The monoisotopic (exact) mass is 233 g/mol. The number of benzene rings is 1. The Morgan fingerprint density at radius 2 is 2.06 bits per heavy atom. The zero-order chi connectivity index (χ0) is 11.9. The highest BCUT2D eigenvalue weighted by atomic mass is 16.5. The van der Waals surface area contributed by atoms with E-state index in [9.17, 15) is 0 Å². The second-order valence-corrected chi connectivity index (χ2v) is 4.76. The van der Waals surface area contributed by atoms with Gasteiger partial charge in [0, 0.05) is 6.04 Å². The summed E-state index contributed by atoms with van der Waals surface area (Å²) in [5, 5.41) is 3.60. The highest BCUT2D eigenvalue weighted by Gasteiger charge is 2.11. The summed E-state index contributed by atoms with van der Waals surface area (Å²) in [6.07, 6.45) is 6.51. The van der Waals surface area contributed by atoms with E-state index in [2.05, 4.69) is 29.6 Å². The van der Waals surface area contributed by atoms with Gasteiger partial charge in [0.2, 0.25) is 0 Å². The van der Waals surface area contributed by atoms with Crippen LogP contribution in [0.5, 0.6) is 5.75 Å². The molecule has 2 nitrogen and oxygen atoms in total. The van der Waals surface area contributed by atoms with Crippen molar-refractivity contribution in [3.63, 3.8) is 0 Å². The predicted octanol–water partition coefficient (Wildman–Crippen LogP) is 3.16. The van der Waals surface area contributed by atoms with Crippen LogP contribution in [0.15, 0.2) is 24.3 Å². The fourth-order valence-electron chi connectivity index (χ4n) is 2.43. The number of nitrogens with one attached hydrogen (secondary N) is 1. The molecule has 1 aromatic carbocycles. The molecule has 0 saturated carbocycles. The van der Waals surface area contributed by atoms with Crippen LogP contribution in [0.2, 0.25) is 0 Å². The third-order valence-corrected chi connectivity index (χ3v) is 3.43. The first-order valence-electron chi connectivity index (χ1n) is 6.83. The third-order valence-electron chi connectivity index (χ3n) is 3.43. The summed E-state index contributed by atoms with van der Waals surface area (Å²) in [4.78, 5) is 0. The van der Waals surface area contributed by atoms with Gasteiger partial charge in [0.1, 0.15) is 5.75 Å². The maximum atomic E-state index is 5.44. The Kier molecular flexibility index (Phi) is 4.87. The molecule has 1 aliphatic rings. The van der Waals surface area contributed by atoms with Gasteiger partial charge in [0.25, 0.3) is 0 Å². The molecule has 0 amide bonds. The molecule has 1 fully saturated rings. The van der Waals surface area contributed by atoms with Crippen molar-refractivity contribution in [3.05, 3.63) is 29.8 Å². The average molecular weight is 233 g/mol. The van der Waals surface area contributed by atoms with E-state index in [0.717, 1.165) is 18.4 Å². The van der Waals surface area contributed by atoms with Crippen LogP contribution in [0.4, 0.5) is 0 Å². The number of ether oxygens (including phenoxy) is 1. The van der Waals surface area contributed by atoms with Crippen LogP contribution in [-0.2, 0) is 6.42 Å². The molecule has 0 unspecified atom stereocenters. The maximum Gasteiger partial charge on any atom is 0.119 e. The summed E-state index contributed by atoms with van der Waals surface area (Å²) in [7, 11) is 0. The van der Waals surface area contributed by atoms with Crippen LogP contribution in [0.3, 0.4) is 0 Å². The lowest BCUT2D eigenvalue weighted by atomic mass is 9.98. The first kappa shape index (κ1) is 12.4. The first-order valence-corrected chi connectivity index (χ1v) is 6.83. The zero-order valence-corrected chi connectivity index (χ0v) is 10.7. The summed E-state index contributed by atoms with van der Waals surface area (Å²) in [5.74, 6) is 0.979. The Hall–Kier alpha value is -1.02. The highest BCUT2D eigenvalue weighted by Crippen LogP contribution is 2.16. The van der Waals surface area contributed by atoms with Crippen molar-refractivity contribution in [1.29, 1.82) is 0 Å². The summed E-state index contributed by atoms with van der Waals surface area (Å²) >= 11 is 0. The molecule has 0 radical (unpaired) electrons. The highest BCUT2D eigenvalue weighted by molar-refractivity contribution is 5.27. The van der Waals surface area contributed by atoms with Gasteiger partial charge < -0.3 is 10.1 Å². The van der Waals surface area contributed by atoms with E-state index in [-0.39, 0.29) is 0 Å². The van der Waals surface area contributed by atoms with E-state index in [1.54, 1.807) is 0 Å². The molecule has 2 rings (SSSR count). The van der Waals surface area contributed by atoms with E-state index in [1.807, 2.05) is 6.92 Å². The Morgan fingerprint density at radius 3 is 2.71 bits per heavy atom. The normalized spacial score (nSPS) is 20.2. The third kappa shape index (κ3) is 4.04. The molecule has 0 aliphatic carbocycles. The number of piperidine rings is 1. The Morgan fingerprint density at radius 1 is 1.24 bits per heavy atom. The summed E-state index contributed by atoms with van der Waals surface area (Å²) in [6, 6.07) is 9.26. The largest absolute Gasteiger partial charge is 0.494 e. The van der Waals surface area contributed by atoms with Gasteiger partial charge in [-0.25, -0.2) is 0 Å². The molecule has 1 saturated heterocycles. The van der Waals surface area contributed by atoms with Crippen molar-refractivity contribution in [1.82, 2.24) is 5.32 Å². The van der Waals surface area contributed by atoms with Gasteiger partial charge in [-0.1, -0.05) is 18.6 Å². The first-order chi connectivity index (χ1) is 8.38. The van der Waals surface area contributed by atoms with Crippen LogP contribution >= 0.6 is 0 Å². The van der Waals surface area contributed by atoms with Crippen LogP contribution in [0, 0.1) is 0 Å². The second kappa shape index (κ2) is 6.65. The van der Waals surface area contributed by atoms with Gasteiger partial charge in [0.15, 0.2) is 0 Å². The quantitative estimate of drug-likeness (QED) is 0.843. The van der Waals surface area contributed by atoms with Crippen molar-refractivity contribution in [2.24, 2.45) is 0 Å². The molecule has 94 valence electrons. The zero-order valence-electron chi connectivity index (χ0n) is 10.7. The van der Waals surface area contributed by atoms with E-state index >= 15 is 0 Å². The van der Waals surface area contributed by atoms with Gasteiger partial charge >= 0.3 is 0 Å². The fourth-order valence-corrected chi connectivity index (χ4v) is 2.43. The van der Waals surface area contributed by atoms with Crippen molar-refractivity contribution < 1.29 is 4.74 Å². The van der Waals surface area contributed by atoms with Crippen molar-refractivity contribution in [2.45, 2.75) is 45.1 Å². The molecular formula is C15H23NO. The molecule has 17 heavy (non-hydrogen) atoms. The number of hydrogen-bond donors (Lipinski definition) is 1. The molecule has 1 aromatic rings. The SMILES string of the molecule is CCOc1ccc(CC[C@@H]2CCCCN2)cc1. The molecule has 2 heteroatoms. The topological polar surface area (TPSA) is 21.3 Å². The second-order valence-electron chi connectivity index (χ2n) is 4.76. The van der Waals surface area contributed by atoms with Gasteiger partial charge in [-0.2, -0.15) is 0 Å². The Labute approximate surface area is 104 Å². The van der Waals surface area contributed by atoms with Gasteiger partial charge in [0.05, 0.1) is 6.61 Å². The minimum atomic E-state index is 0.732.